The zero-order valence-electron chi connectivity index (χ0n) is 22.1. The maximum atomic E-state index is 12.4. The Labute approximate surface area is 254 Å². The van der Waals surface area contributed by atoms with Gasteiger partial charge in [-0.1, -0.05) is 18.7 Å². The molecular formula is C27H30BrIN4O7. The molecule has 0 unspecified atom stereocenters. The van der Waals surface area contributed by atoms with Crippen LogP contribution in [0.1, 0.15) is 31.0 Å². The number of methoxy groups -OCH3 is 1. The summed E-state index contributed by atoms with van der Waals surface area (Å²) in [6.45, 7) is 7.69. The number of aliphatic hydroxyl groups excluding tert-OH is 1. The highest BCUT2D eigenvalue weighted by Crippen LogP contribution is 2.35. The number of rotatable bonds is 13. The van der Waals surface area contributed by atoms with Crippen LogP contribution in [0.5, 0.6) is 17.2 Å². The van der Waals surface area contributed by atoms with Gasteiger partial charge in [0.1, 0.15) is 19.0 Å². The van der Waals surface area contributed by atoms with Gasteiger partial charge >= 0.3 is 12.0 Å². The predicted octanol–water partition coefficient (Wildman–Crippen LogP) is 4.14. The zero-order valence-corrected chi connectivity index (χ0v) is 25.9. The number of ether oxygens (including phenoxy) is 4. The van der Waals surface area contributed by atoms with Crippen molar-refractivity contribution in [2.24, 2.45) is 5.10 Å². The number of benzene rings is 2. The third kappa shape index (κ3) is 8.11. The first-order valence-corrected chi connectivity index (χ1v) is 14.0. The highest BCUT2D eigenvalue weighted by Gasteiger charge is 2.32. The van der Waals surface area contributed by atoms with Gasteiger partial charge in [-0.25, -0.2) is 9.59 Å². The number of urea groups is 1. The summed E-state index contributed by atoms with van der Waals surface area (Å²) >= 11 is 5.66. The van der Waals surface area contributed by atoms with Gasteiger partial charge in [0.25, 0.3) is 0 Å². The number of carbonyl (C=O) groups is 2. The molecule has 0 radical (unpaired) electrons. The summed E-state index contributed by atoms with van der Waals surface area (Å²) in [6.07, 6.45) is 2.11. The minimum absolute atomic E-state index is 0.136. The second-order valence-electron chi connectivity index (χ2n) is 8.33. The van der Waals surface area contributed by atoms with Crippen LogP contribution in [-0.4, -0.2) is 56.5 Å². The van der Waals surface area contributed by atoms with E-state index in [1.807, 2.05) is 19.1 Å². The molecule has 0 aromatic heterocycles. The average molecular weight is 729 g/mol. The van der Waals surface area contributed by atoms with E-state index in [1.54, 1.807) is 37.4 Å². The van der Waals surface area contributed by atoms with Crippen LogP contribution in [0.2, 0.25) is 0 Å². The van der Waals surface area contributed by atoms with Gasteiger partial charge in [0.15, 0.2) is 17.7 Å². The first kappa shape index (κ1) is 31.2. The van der Waals surface area contributed by atoms with Gasteiger partial charge in [-0.2, -0.15) is 5.10 Å². The molecule has 1 aliphatic rings. The lowest BCUT2D eigenvalue weighted by Crippen LogP contribution is -2.45. The molecular weight excluding hydrogens is 699 g/mol. The second kappa shape index (κ2) is 14.9. The summed E-state index contributed by atoms with van der Waals surface area (Å²) < 4.78 is 23.7. The molecule has 0 fully saturated rings. The molecule has 0 aliphatic carbocycles. The van der Waals surface area contributed by atoms with Crippen LogP contribution >= 0.6 is 38.5 Å². The fourth-order valence-corrected chi connectivity index (χ4v) is 5.52. The fraction of sp³-hybridized carbons (Fsp3) is 0.296. The number of hydrogen-bond donors (Lipinski definition) is 4. The van der Waals surface area contributed by atoms with Crippen LogP contribution in [0.25, 0.3) is 0 Å². The first-order chi connectivity index (χ1) is 19.2. The van der Waals surface area contributed by atoms with E-state index < -0.39 is 24.3 Å². The Bertz CT molecular complexity index is 1290. The predicted molar refractivity (Wildman–Crippen MR) is 162 cm³/mol. The number of carbonyl (C=O) groups excluding carboxylic acids is 2. The van der Waals surface area contributed by atoms with E-state index in [1.165, 1.54) is 7.11 Å². The minimum Gasteiger partial charge on any atom is -0.490 e. The average Bonchev–Trinajstić information content (AvgIpc) is 2.91. The molecule has 3 rings (SSSR count). The summed E-state index contributed by atoms with van der Waals surface area (Å²) in [5.74, 6) is 0.889. The van der Waals surface area contributed by atoms with E-state index in [0.29, 0.717) is 41.7 Å². The van der Waals surface area contributed by atoms with Crippen LogP contribution in [0, 0.1) is 3.57 Å². The zero-order chi connectivity index (χ0) is 29.2. The van der Waals surface area contributed by atoms with E-state index in [4.69, 9.17) is 18.9 Å². The Balaban J connectivity index is 1.68. The summed E-state index contributed by atoms with van der Waals surface area (Å²) in [7, 11) is 1.28. The molecule has 0 bridgehead atoms. The Hall–Kier alpha value is -3.30. The Morgan fingerprint density at radius 2 is 2.05 bits per heavy atom. The summed E-state index contributed by atoms with van der Waals surface area (Å²) in [5, 5.41) is 19.8. The van der Waals surface area contributed by atoms with Gasteiger partial charge < -0.3 is 34.7 Å². The van der Waals surface area contributed by atoms with Crippen LogP contribution in [-0.2, 0) is 9.53 Å². The van der Waals surface area contributed by atoms with Gasteiger partial charge in [0.05, 0.1) is 39.6 Å². The van der Waals surface area contributed by atoms with Crippen molar-refractivity contribution in [2.75, 3.05) is 26.9 Å². The SMILES string of the molecule is C=CCOc1c(Br)cc(/C=N\N[C@H](O)COc2ccc([C@H]3NC(=O)NC(C)=C3C(=O)OC)cc2OCC)cc1I. The highest BCUT2D eigenvalue weighted by atomic mass is 127. The van der Waals surface area contributed by atoms with Crippen molar-refractivity contribution in [1.29, 1.82) is 0 Å². The molecule has 214 valence electrons. The second-order valence-corrected chi connectivity index (χ2v) is 10.3. The molecule has 2 aromatic rings. The minimum atomic E-state index is -1.12. The van der Waals surface area contributed by atoms with E-state index in [9.17, 15) is 14.7 Å². The molecule has 0 saturated heterocycles. The molecule has 2 amide bonds. The van der Waals surface area contributed by atoms with Crippen molar-refractivity contribution >= 4 is 56.7 Å². The molecule has 2 atom stereocenters. The number of hydrogen-bond acceptors (Lipinski definition) is 9. The molecule has 13 heteroatoms. The fourth-order valence-electron chi connectivity index (χ4n) is 3.75. The Morgan fingerprint density at radius 3 is 2.73 bits per heavy atom. The number of esters is 1. The third-order valence-corrected chi connectivity index (χ3v) is 6.87. The van der Waals surface area contributed by atoms with E-state index in [-0.39, 0.29) is 12.2 Å². The van der Waals surface area contributed by atoms with Crippen LogP contribution in [0.15, 0.2) is 63.8 Å². The number of nitrogens with zero attached hydrogens (tertiary/aromatic N) is 1. The lowest BCUT2D eigenvalue weighted by Gasteiger charge is -2.28. The topological polar surface area (TPSA) is 140 Å². The van der Waals surface area contributed by atoms with Crippen molar-refractivity contribution in [3.63, 3.8) is 0 Å². The van der Waals surface area contributed by atoms with Crippen molar-refractivity contribution in [3.05, 3.63) is 73.4 Å². The number of amides is 2. The van der Waals surface area contributed by atoms with Gasteiger partial charge in [0, 0.05) is 5.70 Å². The van der Waals surface area contributed by atoms with Crippen molar-refractivity contribution in [3.8, 4) is 17.2 Å². The van der Waals surface area contributed by atoms with Crippen molar-refractivity contribution in [1.82, 2.24) is 16.1 Å². The molecule has 4 N–H and O–H groups in total. The van der Waals surface area contributed by atoms with E-state index >= 15 is 0 Å². The molecule has 11 nitrogen and oxygen atoms in total. The van der Waals surface area contributed by atoms with Gasteiger partial charge in [-0.05, 0) is 87.8 Å². The maximum absolute atomic E-state index is 12.4. The number of hydrazone groups is 1. The van der Waals surface area contributed by atoms with Crippen LogP contribution in [0.3, 0.4) is 0 Å². The normalized spacial score (nSPS) is 15.7. The van der Waals surface area contributed by atoms with Gasteiger partial charge in [-0.3, -0.25) is 5.43 Å². The largest absolute Gasteiger partial charge is 0.490 e. The quantitative estimate of drug-likeness (QED) is 0.0603. The standard InChI is InChI=1S/C27H30BrIN4O7/c1-5-9-39-25-18(28)10-16(11-19(25)29)13-30-33-22(34)14-40-20-8-7-17(12-21(20)38-6-2)24-23(26(35)37-4)15(3)31-27(36)32-24/h5,7-8,10-13,22,24,33-34H,1,6,9,14H2,2-4H3,(H2,31,32,36)/b30-13-/t22-,24-/m1/s1. The summed E-state index contributed by atoms with van der Waals surface area (Å²) in [6, 6.07) is 7.56. The monoisotopic (exact) mass is 728 g/mol. The molecule has 40 heavy (non-hydrogen) atoms. The van der Waals surface area contributed by atoms with Gasteiger partial charge in [-0.15, -0.1) is 0 Å². The highest BCUT2D eigenvalue weighted by molar-refractivity contribution is 14.1. The molecule has 1 heterocycles. The van der Waals surface area contributed by atoms with Crippen molar-refractivity contribution in [2.45, 2.75) is 26.1 Å². The third-order valence-electron chi connectivity index (χ3n) is 5.48. The molecule has 2 aromatic carbocycles. The lowest BCUT2D eigenvalue weighted by atomic mass is 9.95. The Morgan fingerprint density at radius 1 is 1.27 bits per heavy atom. The lowest BCUT2D eigenvalue weighted by molar-refractivity contribution is -0.136. The van der Waals surface area contributed by atoms with Crippen LogP contribution in [0.4, 0.5) is 4.79 Å². The summed E-state index contributed by atoms with van der Waals surface area (Å²) in [4.78, 5) is 24.5. The smallest absolute Gasteiger partial charge is 0.337 e. The van der Waals surface area contributed by atoms with Crippen molar-refractivity contribution < 1.29 is 33.6 Å². The maximum Gasteiger partial charge on any atom is 0.337 e. The Kier molecular flexibility index (Phi) is 11.6. The molecule has 0 saturated carbocycles. The van der Waals surface area contributed by atoms with Gasteiger partial charge in [0.2, 0.25) is 0 Å². The molecule has 0 spiro atoms. The number of allylic oxidation sites excluding steroid dienone is 1. The van der Waals surface area contributed by atoms with E-state index in [0.717, 1.165) is 13.6 Å². The number of halogens is 2. The van der Waals surface area contributed by atoms with Crippen LogP contribution < -0.4 is 30.3 Å². The summed E-state index contributed by atoms with van der Waals surface area (Å²) in [5.41, 5.74) is 4.68. The first-order valence-electron chi connectivity index (χ1n) is 12.1. The molecule has 1 aliphatic heterocycles. The van der Waals surface area contributed by atoms with E-state index in [2.05, 4.69) is 66.3 Å². The number of nitrogens with one attached hydrogen (secondary N) is 3. The number of aliphatic hydroxyl groups is 1.